The van der Waals surface area contributed by atoms with Gasteiger partial charge >= 0.3 is 0 Å². The first-order chi connectivity index (χ1) is 8.15. The van der Waals surface area contributed by atoms with E-state index in [1.807, 2.05) is 0 Å². The van der Waals surface area contributed by atoms with Gasteiger partial charge in [0.25, 0.3) is 0 Å². The minimum Gasteiger partial charge on any atom is -0.409 e. The Balaban J connectivity index is 1.94. The van der Waals surface area contributed by atoms with Gasteiger partial charge in [-0.25, -0.2) is 0 Å². The molecule has 17 heavy (non-hydrogen) atoms. The summed E-state index contributed by atoms with van der Waals surface area (Å²) in [6.07, 6.45) is 3.59. The number of oxime groups is 1. The van der Waals surface area contributed by atoms with Gasteiger partial charge in [-0.15, -0.1) is 0 Å². The molecule has 0 amide bonds. The van der Waals surface area contributed by atoms with E-state index in [0.717, 1.165) is 32.4 Å². The molecule has 0 aromatic carbocycles. The fraction of sp³-hybridized carbons (Fsp3) is 0.917. The van der Waals surface area contributed by atoms with Crippen LogP contribution in [0.5, 0.6) is 0 Å². The average Bonchev–Trinajstić information content (AvgIpc) is 2.88. The number of fused-ring (bicyclic) bond motifs is 1. The number of hydrogen-bond donors (Lipinski definition) is 3. The second-order valence-corrected chi connectivity index (χ2v) is 5.38. The van der Waals surface area contributed by atoms with Crippen molar-refractivity contribution in [2.24, 2.45) is 22.7 Å². The molecule has 4 unspecified atom stereocenters. The molecule has 0 aromatic rings. The molecule has 4 N–H and O–H groups in total. The number of aliphatic hydroxyl groups is 1. The van der Waals surface area contributed by atoms with Crippen LogP contribution in [0.1, 0.15) is 32.6 Å². The molecular weight excluding hydrogens is 218 g/mol. The van der Waals surface area contributed by atoms with E-state index in [1.54, 1.807) is 0 Å². The summed E-state index contributed by atoms with van der Waals surface area (Å²) >= 11 is 0. The van der Waals surface area contributed by atoms with Gasteiger partial charge in [0.05, 0.1) is 6.10 Å². The SMILES string of the molecule is CCC(CC(N)=NO)N1CC2CCC(O)C2C1. The minimum atomic E-state index is -0.119. The van der Waals surface area contributed by atoms with E-state index >= 15 is 0 Å². The molecule has 1 aliphatic carbocycles. The van der Waals surface area contributed by atoms with Crippen molar-refractivity contribution < 1.29 is 10.3 Å². The van der Waals surface area contributed by atoms with Crippen molar-refractivity contribution in [3.05, 3.63) is 0 Å². The minimum absolute atomic E-state index is 0.119. The van der Waals surface area contributed by atoms with E-state index in [4.69, 9.17) is 10.9 Å². The monoisotopic (exact) mass is 241 g/mol. The van der Waals surface area contributed by atoms with Crippen LogP contribution in [0, 0.1) is 11.8 Å². The van der Waals surface area contributed by atoms with Crippen LogP contribution < -0.4 is 5.73 Å². The third kappa shape index (κ3) is 2.55. The molecule has 0 aromatic heterocycles. The van der Waals surface area contributed by atoms with Crippen molar-refractivity contribution in [1.82, 2.24) is 4.90 Å². The Morgan fingerprint density at radius 1 is 1.47 bits per heavy atom. The molecule has 98 valence electrons. The lowest BCUT2D eigenvalue weighted by molar-refractivity contribution is 0.117. The first-order valence-electron chi connectivity index (χ1n) is 6.54. The quantitative estimate of drug-likeness (QED) is 0.291. The van der Waals surface area contributed by atoms with E-state index in [0.29, 0.717) is 30.1 Å². The Bertz CT molecular complexity index is 295. The molecule has 1 aliphatic heterocycles. The topological polar surface area (TPSA) is 82.1 Å². The van der Waals surface area contributed by atoms with Gasteiger partial charge in [-0.3, -0.25) is 4.90 Å². The molecule has 1 heterocycles. The van der Waals surface area contributed by atoms with Crippen molar-refractivity contribution in [1.29, 1.82) is 0 Å². The number of rotatable bonds is 4. The molecule has 4 atom stereocenters. The summed E-state index contributed by atoms with van der Waals surface area (Å²) in [6.45, 7) is 4.14. The normalized spacial score (nSPS) is 36.1. The van der Waals surface area contributed by atoms with Gasteiger partial charge in [-0.05, 0) is 25.2 Å². The molecule has 0 spiro atoms. The van der Waals surface area contributed by atoms with Crippen molar-refractivity contribution in [3.8, 4) is 0 Å². The van der Waals surface area contributed by atoms with Crippen LogP contribution in [0.25, 0.3) is 0 Å². The predicted molar refractivity (Wildman–Crippen MR) is 65.9 cm³/mol. The van der Waals surface area contributed by atoms with E-state index in [1.165, 1.54) is 0 Å². The van der Waals surface area contributed by atoms with Gasteiger partial charge in [0.2, 0.25) is 0 Å². The second kappa shape index (κ2) is 5.23. The van der Waals surface area contributed by atoms with Crippen molar-refractivity contribution in [3.63, 3.8) is 0 Å². The van der Waals surface area contributed by atoms with Gasteiger partial charge in [0, 0.05) is 31.5 Å². The van der Waals surface area contributed by atoms with Gasteiger partial charge in [-0.2, -0.15) is 0 Å². The molecule has 2 rings (SSSR count). The summed E-state index contributed by atoms with van der Waals surface area (Å²) in [5.74, 6) is 1.39. The van der Waals surface area contributed by atoms with Crippen LogP contribution in [0.15, 0.2) is 5.16 Å². The van der Waals surface area contributed by atoms with Crippen molar-refractivity contribution in [2.45, 2.75) is 44.8 Å². The highest BCUT2D eigenvalue weighted by atomic mass is 16.4. The summed E-state index contributed by atoms with van der Waals surface area (Å²) in [6, 6.07) is 0.337. The Morgan fingerprint density at radius 3 is 2.82 bits per heavy atom. The molecule has 5 nitrogen and oxygen atoms in total. The van der Waals surface area contributed by atoms with Gasteiger partial charge in [0.1, 0.15) is 5.84 Å². The highest BCUT2D eigenvalue weighted by Gasteiger charge is 2.43. The largest absolute Gasteiger partial charge is 0.409 e. The Labute approximate surface area is 102 Å². The molecule has 0 radical (unpaired) electrons. The molecule has 1 saturated heterocycles. The molecule has 2 fully saturated rings. The average molecular weight is 241 g/mol. The molecule has 1 saturated carbocycles. The summed E-state index contributed by atoms with van der Waals surface area (Å²) in [4.78, 5) is 2.40. The highest BCUT2D eigenvalue weighted by molar-refractivity contribution is 5.80. The van der Waals surface area contributed by atoms with Crippen LogP contribution in [0.2, 0.25) is 0 Å². The van der Waals surface area contributed by atoms with E-state index in [9.17, 15) is 5.11 Å². The number of hydrogen-bond acceptors (Lipinski definition) is 4. The number of nitrogens with zero attached hydrogens (tertiary/aromatic N) is 2. The smallest absolute Gasteiger partial charge is 0.140 e. The Hall–Kier alpha value is -0.810. The Kier molecular flexibility index (Phi) is 3.89. The van der Waals surface area contributed by atoms with Crippen LogP contribution >= 0.6 is 0 Å². The highest BCUT2D eigenvalue weighted by Crippen LogP contribution is 2.39. The fourth-order valence-corrected chi connectivity index (χ4v) is 3.38. The number of amidine groups is 1. The summed E-state index contributed by atoms with van der Waals surface area (Å²) in [5.41, 5.74) is 5.58. The van der Waals surface area contributed by atoms with Crippen LogP contribution in [0.4, 0.5) is 0 Å². The summed E-state index contributed by atoms with van der Waals surface area (Å²) in [7, 11) is 0. The lowest BCUT2D eigenvalue weighted by atomic mass is 10.00. The van der Waals surface area contributed by atoms with E-state index in [2.05, 4.69) is 17.0 Å². The van der Waals surface area contributed by atoms with Gasteiger partial charge in [-0.1, -0.05) is 12.1 Å². The van der Waals surface area contributed by atoms with Crippen LogP contribution in [-0.4, -0.2) is 46.3 Å². The number of likely N-dealkylation sites (tertiary alicyclic amines) is 1. The number of aliphatic hydroxyl groups excluding tert-OH is 1. The zero-order valence-corrected chi connectivity index (χ0v) is 10.4. The van der Waals surface area contributed by atoms with E-state index < -0.39 is 0 Å². The first kappa shape index (κ1) is 12.6. The lowest BCUT2D eigenvalue weighted by Gasteiger charge is -2.27. The number of nitrogens with two attached hydrogens (primary N) is 1. The van der Waals surface area contributed by atoms with Crippen LogP contribution in [0.3, 0.4) is 0 Å². The molecule has 2 aliphatic rings. The predicted octanol–water partition coefficient (Wildman–Crippen LogP) is 0.604. The van der Waals surface area contributed by atoms with Crippen molar-refractivity contribution >= 4 is 5.84 Å². The zero-order valence-electron chi connectivity index (χ0n) is 10.4. The van der Waals surface area contributed by atoms with Crippen molar-refractivity contribution in [2.75, 3.05) is 13.1 Å². The fourth-order valence-electron chi connectivity index (χ4n) is 3.38. The van der Waals surface area contributed by atoms with Gasteiger partial charge in [0.15, 0.2) is 0 Å². The standard InChI is InChI=1S/C12H23N3O2/c1-2-9(5-12(13)14-17)15-6-8-3-4-11(16)10(8)7-15/h8-11,16-17H,2-7H2,1H3,(H2,13,14). The molecule has 0 bridgehead atoms. The summed E-state index contributed by atoms with van der Waals surface area (Å²) < 4.78 is 0. The zero-order chi connectivity index (χ0) is 12.4. The second-order valence-electron chi connectivity index (χ2n) is 5.38. The first-order valence-corrected chi connectivity index (χ1v) is 6.54. The van der Waals surface area contributed by atoms with E-state index in [-0.39, 0.29) is 6.10 Å². The lowest BCUT2D eigenvalue weighted by Crippen LogP contribution is -2.37. The Morgan fingerprint density at radius 2 is 2.24 bits per heavy atom. The van der Waals surface area contributed by atoms with Gasteiger partial charge < -0.3 is 16.0 Å². The maximum absolute atomic E-state index is 9.88. The molecular formula is C12H23N3O2. The maximum atomic E-state index is 9.88. The third-order valence-corrected chi connectivity index (χ3v) is 4.41. The molecule has 5 heteroatoms. The third-order valence-electron chi connectivity index (χ3n) is 4.41. The summed E-state index contributed by atoms with van der Waals surface area (Å²) in [5, 5.41) is 21.6. The van der Waals surface area contributed by atoms with Crippen LogP contribution in [-0.2, 0) is 0 Å². The maximum Gasteiger partial charge on any atom is 0.140 e.